The lowest BCUT2D eigenvalue weighted by molar-refractivity contribution is 0.0932. The predicted molar refractivity (Wildman–Crippen MR) is 95.6 cm³/mol. The molecule has 0 spiro atoms. The Labute approximate surface area is 142 Å². The third-order valence-electron chi connectivity index (χ3n) is 4.40. The summed E-state index contributed by atoms with van der Waals surface area (Å²) in [5.74, 6) is 0.340. The molecule has 1 aromatic carbocycles. The summed E-state index contributed by atoms with van der Waals surface area (Å²) < 4.78 is 0. The number of amides is 1. The van der Waals surface area contributed by atoms with Crippen LogP contribution >= 0.6 is 0 Å². The van der Waals surface area contributed by atoms with Crippen molar-refractivity contribution in [2.75, 3.05) is 5.32 Å². The average molecular weight is 324 g/mol. The van der Waals surface area contributed by atoms with Gasteiger partial charge in [-0.2, -0.15) is 0 Å². The Morgan fingerprint density at radius 2 is 1.88 bits per heavy atom. The highest BCUT2D eigenvalue weighted by Crippen LogP contribution is 2.19. The molecule has 0 bridgehead atoms. The molecule has 24 heavy (non-hydrogen) atoms. The van der Waals surface area contributed by atoms with Crippen LogP contribution in [0.1, 0.15) is 54.4 Å². The molecule has 0 saturated heterocycles. The summed E-state index contributed by atoms with van der Waals surface area (Å²) in [4.78, 5) is 21.2. The van der Waals surface area contributed by atoms with Crippen LogP contribution in [-0.4, -0.2) is 21.9 Å². The fraction of sp³-hybridized carbons (Fsp3) is 0.421. The van der Waals surface area contributed by atoms with Gasteiger partial charge >= 0.3 is 0 Å². The number of rotatable bonds is 5. The lowest BCUT2D eigenvalue weighted by Gasteiger charge is -2.13. The van der Waals surface area contributed by atoms with Crippen molar-refractivity contribution in [1.29, 1.82) is 0 Å². The second kappa shape index (κ2) is 7.43. The first-order valence-corrected chi connectivity index (χ1v) is 8.66. The lowest BCUT2D eigenvalue weighted by atomic mass is 10.1. The molecule has 1 saturated carbocycles. The van der Waals surface area contributed by atoms with Gasteiger partial charge in [-0.1, -0.05) is 31.9 Å². The lowest BCUT2D eigenvalue weighted by Crippen LogP contribution is -2.33. The Kier molecular flexibility index (Phi) is 5.08. The van der Waals surface area contributed by atoms with Crippen LogP contribution in [0, 0.1) is 6.92 Å². The molecule has 0 aliphatic heterocycles. The number of hydrogen-bond acceptors (Lipinski definition) is 4. The monoisotopic (exact) mass is 324 g/mol. The Bertz CT molecular complexity index is 706. The SMILES string of the molecule is CCc1ccc(Nc2nc(C)cc(C(=O)NC3CCCC3)n2)cc1. The van der Waals surface area contributed by atoms with E-state index in [1.165, 1.54) is 18.4 Å². The van der Waals surface area contributed by atoms with Crippen LogP contribution in [0.5, 0.6) is 0 Å². The van der Waals surface area contributed by atoms with Crippen LogP contribution in [0.2, 0.25) is 0 Å². The predicted octanol–water partition coefficient (Wildman–Crippen LogP) is 3.76. The second-order valence-electron chi connectivity index (χ2n) is 6.35. The number of aromatic nitrogens is 2. The zero-order valence-corrected chi connectivity index (χ0v) is 14.3. The maximum absolute atomic E-state index is 12.4. The van der Waals surface area contributed by atoms with Gasteiger partial charge in [0.2, 0.25) is 5.95 Å². The number of carbonyl (C=O) groups is 1. The summed E-state index contributed by atoms with van der Waals surface area (Å²) in [7, 11) is 0. The van der Waals surface area contributed by atoms with Crippen molar-refractivity contribution in [3.63, 3.8) is 0 Å². The van der Waals surface area contributed by atoms with Gasteiger partial charge < -0.3 is 10.6 Å². The molecule has 5 heteroatoms. The Balaban J connectivity index is 1.73. The average Bonchev–Trinajstić information content (AvgIpc) is 3.08. The molecule has 1 aromatic heterocycles. The molecule has 3 rings (SSSR count). The Morgan fingerprint density at radius 1 is 1.17 bits per heavy atom. The van der Waals surface area contributed by atoms with E-state index in [1.807, 2.05) is 19.1 Å². The smallest absolute Gasteiger partial charge is 0.270 e. The molecule has 1 aliphatic rings. The number of carbonyl (C=O) groups excluding carboxylic acids is 1. The quantitative estimate of drug-likeness (QED) is 0.879. The second-order valence-corrected chi connectivity index (χ2v) is 6.35. The van der Waals surface area contributed by atoms with E-state index in [0.29, 0.717) is 11.6 Å². The molecule has 0 unspecified atom stereocenters. The molecule has 0 atom stereocenters. The summed E-state index contributed by atoms with van der Waals surface area (Å²) in [5.41, 5.74) is 3.39. The minimum absolute atomic E-state index is 0.114. The normalized spacial score (nSPS) is 14.6. The minimum Gasteiger partial charge on any atom is -0.348 e. The summed E-state index contributed by atoms with van der Waals surface area (Å²) in [6.45, 7) is 4.00. The molecule has 1 fully saturated rings. The van der Waals surface area contributed by atoms with E-state index in [4.69, 9.17) is 0 Å². The van der Waals surface area contributed by atoms with Crippen LogP contribution in [0.4, 0.5) is 11.6 Å². The van der Waals surface area contributed by atoms with Crippen LogP contribution in [0.25, 0.3) is 0 Å². The molecule has 126 valence electrons. The molecule has 5 nitrogen and oxygen atoms in total. The van der Waals surface area contributed by atoms with Gasteiger partial charge in [0, 0.05) is 17.4 Å². The Hall–Kier alpha value is -2.43. The van der Waals surface area contributed by atoms with E-state index >= 15 is 0 Å². The van der Waals surface area contributed by atoms with Gasteiger partial charge in [-0.15, -0.1) is 0 Å². The van der Waals surface area contributed by atoms with Crippen molar-refractivity contribution < 1.29 is 4.79 Å². The molecule has 2 aromatic rings. The standard InChI is InChI=1S/C19H24N4O/c1-3-14-8-10-16(11-9-14)22-19-20-13(2)12-17(23-19)18(24)21-15-6-4-5-7-15/h8-12,15H,3-7H2,1-2H3,(H,21,24)(H,20,22,23). The van der Waals surface area contributed by atoms with Crippen molar-refractivity contribution in [3.8, 4) is 0 Å². The fourth-order valence-corrected chi connectivity index (χ4v) is 3.02. The van der Waals surface area contributed by atoms with Crippen LogP contribution in [0.3, 0.4) is 0 Å². The van der Waals surface area contributed by atoms with Crippen molar-refractivity contribution in [3.05, 3.63) is 47.3 Å². The van der Waals surface area contributed by atoms with Gasteiger partial charge in [-0.25, -0.2) is 9.97 Å². The largest absolute Gasteiger partial charge is 0.348 e. The topological polar surface area (TPSA) is 66.9 Å². The molecule has 0 radical (unpaired) electrons. The van der Waals surface area contributed by atoms with E-state index < -0.39 is 0 Å². The number of hydrogen-bond donors (Lipinski definition) is 2. The molecular weight excluding hydrogens is 300 g/mol. The number of nitrogens with one attached hydrogen (secondary N) is 2. The van der Waals surface area contributed by atoms with E-state index in [9.17, 15) is 4.79 Å². The highest BCUT2D eigenvalue weighted by atomic mass is 16.1. The van der Waals surface area contributed by atoms with E-state index in [2.05, 4.69) is 39.7 Å². The summed E-state index contributed by atoms with van der Waals surface area (Å²) >= 11 is 0. The van der Waals surface area contributed by atoms with Crippen LogP contribution in [0.15, 0.2) is 30.3 Å². The minimum atomic E-state index is -0.114. The number of anilines is 2. The third kappa shape index (κ3) is 4.10. The Morgan fingerprint density at radius 3 is 2.54 bits per heavy atom. The van der Waals surface area contributed by atoms with Gasteiger partial charge in [0.1, 0.15) is 5.69 Å². The first-order chi connectivity index (χ1) is 11.6. The van der Waals surface area contributed by atoms with E-state index in [1.54, 1.807) is 6.07 Å². The van der Waals surface area contributed by atoms with Gasteiger partial charge in [0.05, 0.1) is 0 Å². The maximum atomic E-state index is 12.4. The molecule has 1 heterocycles. The van der Waals surface area contributed by atoms with E-state index in [-0.39, 0.29) is 11.9 Å². The van der Waals surface area contributed by atoms with Crippen LogP contribution < -0.4 is 10.6 Å². The number of benzene rings is 1. The van der Waals surface area contributed by atoms with Crippen molar-refractivity contribution in [2.24, 2.45) is 0 Å². The van der Waals surface area contributed by atoms with Crippen molar-refractivity contribution >= 4 is 17.5 Å². The van der Waals surface area contributed by atoms with Crippen molar-refractivity contribution in [2.45, 2.75) is 52.0 Å². The maximum Gasteiger partial charge on any atom is 0.270 e. The van der Waals surface area contributed by atoms with Gasteiger partial charge in [-0.3, -0.25) is 4.79 Å². The molecule has 1 aliphatic carbocycles. The van der Waals surface area contributed by atoms with Crippen LogP contribution in [-0.2, 0) is 6.42 Å². The summed E-state index contributed by atoms with van der Waals surface area (Å²) in [6, 6.07) is 10.2. The van der Waals surface area contributed by atoms with Crippen molar-refractivity contribution in [1.82, 2.24) is 15.3 Å². The first kappa shape index (κ1) is 16.4. The third-order valence-corrected chi connectivity index (χ3v) is 4.40. The number of aryl methyl sites for hydroxylation is 2. The number of nitrogens with zero attached hydrogens (tertiary/aromatic N) is 2. The van der Waals surface area contributed by atoms with Gasteiger partial charge in [0.15, 0.2) is 0 Å². The van der Waals surface area contributed by atoms with Gasteiger partial charge in [-0.05, 0) is 49.9 Å². The van der Waals surface area contributed by atoms with Gasteiger partial charge in [0.25, 0.3) is 5.91 Å². The highest BCUT2D eigenvalue weighted by Gasteiger charge is 2.19. The first-order valence-electron chi connectivity index (χ1n) is 8.66. The van der Waals surface area contributed by atoms with E-state index in [0.717, 1.165) is 30.6 Å². The highest BCUT2D eigenvalue weighted by molar-refractivity contribution is 5.92. The summed E-state index contributed by atoms with van der Waals surface area (Å²) in [6.07, 6.45) is 5.50. The zero-order chi connectivity index (χ0) is 16.9. The molecule has 2 N–H and O–H groups in total. The molecular formula is C19H24N4O. The fourth-order valence-electron chi connectivity index (χ4n) is 3.02. The summed E-state index contributed by atoms with van der Waals surface area (Å²) in [5, 5.41) is 6.25. The molecule has 1 amide bonds. The zero-order valence-electron chi connectivity index (χ0n) is 14.3.